The van der Waals surface area contributed by atoms with E-state index in [1.165, 1.54) is 7.11 Å². The molecule has 0 radical (unpaired) electrons. The van der Waals surface area contributed by atoms with Crippen LogP contribution in [0.2, 0.25) is 0 Å². The third-order valence-corrected chi connectivity index (χ3v) is 3.40. The molecule has 1 rings (SSSR count). The van der Waals surface area contributed by atoms with E-state index in [0.29, 0.717) is 6.42 Å². The smallest absolute Gasteiger partial charge is 0.307 e. The lowest BCUT2D eigenvalue weighted by molar-refractivity contribution is -0.142. The van der Waals surface area contributed by atoms with Crippen molar-refractivity contribution in [1.29, 1.82) is 0 Å². The minimum atomic E-state index is -0.390. The maximum atomic E-state index is 11.6. The zero-order chi connectivity index (χ0) is 13.6. The SMILES string of the molecule is CCC(CC(=O)OC)(NC)c1ccc(OC)cc1. The topological polar surface area (TPSA) is 47.6 Å². The predicted molar refractivity (Wildman–Crippen MR) is 70.7 cm³/mol. The molecular weight excluding hydrogens is 230 g/mol. The lowest BCUT2D eigenvalue weighted by Gasteiger charge is -2.32. The zero-order valence-electron chi connectivity index (χ0n) is 11.4. The second-order valence-corrected chi connectivity index (χ2v) is 4.17. The third kappa shape index (κ3) is 3.01. The number of rotatable bonds is 6. The maximum absolute atomic E-state index is 11.6. The fraction of sp³-hybridized carbons (Fsp3) is 0.500. The predicted octanol–water partition coefficient (Wildman–Crippen LogP) is 2.08. The number of ether oxygens (including phenoxy) is 2. The van der Waals surface area contributed by atoms with Gasteiger partial charge in [0, 0.05) is 0 Å². The van der Waals surface area contributed by atoms with Crippen LogP contribution < -0.4 is 10.1 Å². The molecule has 0 amide bonds. The van der Waals surface area contributed by atoms with Crippen LogP contribution in [-0.4, -0.2) is 27.2 Å². The Bertz CT molecular complexity index is 383. The highest BCUT2D eigenvalue weighted by Crippen LogP contribution is 2.30. The fourth-order valence-corrected chi connectivity index (χ4v) is 2.07. The van der Waals surface area contributed by atoms with Crippen molar-refractivity contribution in [3.05, 3.63) is 29.8 Å². The number of carbonyl (C=O) groups is 1. The Balaban J connectivity index is 3.05. The standard InChI is InChI=1S/C14H21NO3/c1-5-14(15-2,10-13(16)18-4)11-6-8-12(17-3)9-7-11/h6-9,15H,5,10H2,1-4H3. The molecule has 1 N–H and O–H groups in total. The van der Waals surface area contributed by atoms with E-state index in [1.807, 2.05) is 38.2 Å². The van der Waals surface area contributed by atoms with Crippen LogP contribution in [0.1, 0.15) is 25.3 Å². The van der Waals surface area contributed by atoms with Gasteiger partial charge in [0.25, 0.3) is 0 Å². The molecule has 0 bridgehead atoms. The second-order valence-electron chi connectivity index (χ2n) is 4.17. The Hall–Kier alpha value is -1.55. The summed E-state index contributed by atoms with van der Waals surface area (Å²) in [6, 6.07) is 7.74. The van der Waals surface area contributed by atoms with Crippen molar-refractivity contribution in [3.63, 3.8) is 0 Å². The van der Waals surface area contributed by atoms with E-state index < -0.39 is 0 Å². The van der Waals surface area contributed by atoms with E-state index in [1.54, 1.807) is 7.11 Å². The summed E-state index contributed by atoms with van der Waals surface area (Å²) in [5, 5.41) is 3.24. The number of esters is 1. The minimum absolute atomic E-state index is 0.220. The second kappa shape index (κ2) is 6.40. The van der Waals surface area contributed by atoms with Crippen LogP contribution in [0.4, 0.5) is 0 Å². The summed E-state index contributed by atoms with van der Waals surface area (Å²) in [6.45, 7) is 2.05. The molecule has 1 aromatic carbocycles. The van der Waals surface area contributed by atoms with Gasteiger partial charge in [0.05, 0.1) is 26.2 Å². The van der Waals surface area contributed by atoms with Crippen molar-refractivity contribution in [2.24, 2.45) is 0 Å². The molecule has 0 aliphatic heterocycles. The molecule has 4 heteroatoms. The molecule has 0 heterocycles. The van der Waals surface area contributed by atoms with Crippen molar-refractivity contribution in [2.45, 2.75) is 25.3 Å². The van der Waals surface area contributed by atoms with Crippen molar-refractivity contribution in [2.75, 3.05) is 21.3 Å². The first-order chi connectivity index (χ1) is 8.61. The quantitative estimate of drug-likeness (QED) is 0.786. The Labute approximate surface area is 108 Å². The van der Waals surface area contributed by atoms with Crippen LogP contribution in [0.3, 0.4) is 0 Å². The van der Waals surface area contributed by atoms with Crippen molar-refractivity contribution >= 4 is 5.97 Å². The summed E-state index contributed by atoms with van der Waals surface area (Å²) in [5.74, 6) is 0.583. The largest absolute Gasteiger partial charge is 0.497 e. The van der Waals surface area contributed by atoms with E-state index in [0.717, 1.165) is 17.7 Å². The van der Waals surface area contributed by atoms with Crippen LogP contribution in [0.5, 0.6) is 5.75 Å². The van der Waals surface area contributed by atoms with Gasteiger partial charge < -0.3 is 14.8 Å². The van der Waals surface area contributed by atoms with Gasteiger partial charge in [0.15, 0.2) is 0 Å². The monoisotopic (exact) mass is 251 g/mol. The molecule has 0 fully saturated rings. The van der Waals surface area contributed by atoms with Gasteiger partial charge in [0.1, 0.15) is 5.75 Å². The van der Waals surface area contributed by atoms with Crippen molar-refractivity contribution in [1.82, 2.24) is 5.32 Å². The molecule has 0 aromatic heterocycles. The molecule has 1 aromatic rings. The van der Waals surface area contributed by atoms with Gasteiger partial charge in [-0.1, -0.05) is 19.1 Å². The highest BCUT2D eigenvalue weighted by molar-refractivity contribution is 5.71. The third-order valence-electron chi connectivity index (χ3n) is 3.40. The average molecular weight is 251 g/mol. The van der Waals surface area contributed by atoms with Crippen LogP contribution >= 0.6 is 0 Å². The highest BCUT2D eigenvalue weighted by atomic mass is 16.5. The minimum Gasteiger partial charge on any atom is -0.497 e. The average Bonchev–Trinajstić information content (AvgIpc) is 2.44. The first-order valence-electron chi connectivity index (χ1n) is 6.02. The number of methoxy groups -OCH3 is 2. The Morgan fingerprint density at radius 1 is 1.28 bits per heavy atom. The van der Waals surface area contributed by atoms with Crippen LogP contribution in [-0.2, 0) is 15.1 Å². The molecular formula is C14H21NO3. The number of benzene rings is 1. The summed E-state index contributed by atoms with van der Waals surface area (Å²) < 4.78 is 9.91. The number of hydrogen-bond donors (Lipinski definition) is 1. The molecule has 1 atom stereocenters. The summed E-state index contributed by atoms with van der Waals surface area (Å²) in [7, 11) is 4.90. The van der Waals surface area contributed by atoms with Gasteiger partial charge in [-0.05, 0) is 31.2 Å². The van der Waals surface area contributed by atoms with Crippen LogP contribution in [0.15, 0.2) is 24.3 Å². The summed E-state index contributed by atoms with van der Waals surface area (Å²) in [6.07, 6.45) is 1.10. The summed E-state index contributed by atoms with van der Waals surface area (Å²) in [4.78, 5) is 11.6. The van der Waals surface area contributed by atoms with Gasteiger partial charge in [-0.15, -0.1) is 0 Å². The van der Waals surface area contributed by atoms with Gasteiger partial charge in [-0.3, -0.25) is 4.79 Å². The first-order valence-corrected chi connectivity index (χ1v) is 6.02. The van der Waals surface area contributed by atoms with E-state index in [4.69, 9.17) is 9.47 Å². The van der Waals surface area contributed by atoms with E-state index in [9.17, 15) is 4.79 Å². The Morgan fingerprint density at radius 3 is 2.28 bits per heavy atom. The highest BCUT2D eigenvalue weighted by Gasteiger charge is 2.31. The molecule has 18 heavy (non-hydrogen) atoms. The summed E-state index contributed by atoms with van der Waals surface area (Å²) in [5.41, 5.74) is 0.665. The number of carbonyl (C=O) groups excluding carboxylic acids is 1. The number of nitrogens with one attached hydrogen (secondary N) is 1. The molecule has 1 unspecified atom stereocenters. The van der Waals surface area contributed by atoms with Crippen LogP contribution in [0, 0.1) is 0 Å². The Kier molecular flexibility index (Phi) is 5.16. The molecule has 0 aliphatic carbocycles. The molecule has 0 aliphatic rings. The van der Waals surface area contributed by atoms with Crippen molar-refractivity contribution in [3.8, 4) is 5.75 Å². The normalized spacial score (nSPS) is 13.8. The number of hydrogen-bond acceptors (Lipinski definition) is 4. The molecule has 0 saturated heterocycles. The van der Waals surface area contributed by atoms with Gasteiger partial charge in [-0.2, -0.15) is 0 Å². The maximum Gasteiger partial charge on any atom is 0.307 e. The van der Waals surface area contributed by atoms with Gasteiger partial charge >= 0.3 is 5.97 Å². The Morgan fingerprint density at radius 2 is 1.89 bits per heavy atom. The van der Waals surface area contributed by atoms with Crippen LogP contribution in [0.25, 0.3) is 0 Å². The lowest BCUT2D eigenvalue weighted by atomic mass is 9.84. The van der Waals surface area contributed by atoms with E-state index in [-0.39, 0.29) is 11.5 Å². The molecule has 0 spiro atoms. The molecule has 0 saturated carbocycles. The fourth-order valence-electron chi connectivity index (χ4n) is 2.07. The summed E-state index contributed by atoms with van der Waals surface area (Å²) >= 11 is 0. The van der Waals surface area contributed by atoms with Gasteiger partial charge in [0.2, 0.25) is 0 Å². The zero-order valence-corrected chi connectivity index (χ0v) is 11.4. The molecule has 100 valence electrons. The molecule has 4 nitrogen and oxygen atoms in total. The lowest BCUT2D eigenvalue weighted by Crippen LogP contribution is -2.41. The first kappa shape index (κ1) is 14.5. The van der Waals surface area contributed by atoms with Gasteiger partial charge in [-0.25, -0.2) is 0 Å². The van der Waals surface area contributed by atoms with E-state index in [2.05, 4.69) is 5.32 Å². The van der Waals surface area contributed by atoms with Crippen molar-refractivity contribution < 1.29 is 14.3 Å². The van der Waals surface area contributed by atoms with E-state index >= 15 is 0 Å².